The Balaban J connectivity index is 1.13. The van der Waals surface area contributed by atoms with Crippen molar-refractivity contribution < 1.29 is 14.4 Å². The largest absolute Gasteiger partial charge is 0.384 e. The van der Waals surface area contributed by atoms with E-state index in [-0.39, 0.29) is 23.7 Å². The van der Waals surface area contributed by atoms with Crippen molar-refractivity contribution in [2.75, 3.05) is 16.8 Å². The maximum absolute atomic E-state index is 13.3. The predicted molar refractivity (Wildman–Crippen MR) is 145 cm³/mol. The Labute approximate surface area is 224 Å². The van der Waals surface area contributed by atoms with Gasteiger partial charge in [-0.05, 0) is 97.5 Å². The predicted octanol–water partition coefficient (Wildman–Crippen LogP) is 4.29. The van der Waals surface area contributed by atoms with Gasteiger partial charge in [-0.25, -0.2) is 4.98 Å². The van der Waals surface area contributed by atoms with Crippen LogP contribution in [-0.4, -0.2) is 47.3 Å². The molecule has 6 rings (SSSR count). The van der Waals surface area contributed by atoms with E-state index in [0.717, 1.165) is 50.9 Å². The first-order chi connectivity index (χ1) is 17.9. The number of pyridine rings is 1. The number of carbonyl (C=O) groups is 3. The van der Waals surface area contributed by atoms with E-state index in [9.17, 15) is 14.4 Å². The van der Waals surface area contributed by atoms with Crippen LogP contribution >= 0.6 is 15.9 Å². The number of hydrogen-bond donors (Lipinski definition) is 3. The normalized spacial score (nSPS) is 24.6. The first-order valence-corrected chi connectivity index (χ1v) is 14.1. The number of nitrogens with zero attached hydrogens (tertiary/aromatic N) is 2. The van der Waals surface area contributed by atoms with Crippen LogP contribution in [0.25, 0.3) is 0 Å². The van der Waals surface area contributed by atoms with Gasteiger partial charge in [-0.15, -0.1) is 0 Å². The van der Waals surface area contributed by atoms with Crippen molar-refractivity contribution in [1.29, 1.82) is 0 Å². The number of nitrogens with two attached hydrogens (primary N) is 1. The van der Waals surface area contributed by atoms with Crippen molar-refractivity contribution in [3.63, 3.8) is 0 Å². The van der Waals surface area contributed by atoms with Crippen LogP contribution in [0.1, 0.15) is 82.4 Å². The zero-order valence-corrected chi connectivity index (χ0v) is 22.3. The van der Waals surface area contributed by atoms with E-state index in [1.807, 2.05) is 12.1 Å². The fraction of sp³-hybridized carbons (Fsp3) is 0.500. The highest BCUT2D eigenvalue weighted by Crippen LogP contribution is 2.39. The zero-order chi connectivity index (χ0) is 25.7. The first kappa shape index (κ1) is 24.4. The molecule has 9 heteroatoms. The minimum Gasteiger partial charge on any atom is -0.384 e. The van der Waals surface area contributed by atoms with Gasteiger partial charge in [0.15, 0.2) is 5.78 Å². The van der Waals surface area contributed by atoms with E-state index in [1.165, 1.54) is 12.8 Å². The second-order valence-electron chi connectivity index (χ2n) is 11.0. The van der Waals surface area contributed by atoms with Crippen molar-refractivity contribution in [3.8, 4) is 0 Å². The number of fused-ring (bicyclic) bond motifs is 2. The minimum absolute atomic E-state index is 0.0579. The van der Waals surface area contributed by atoms with Crippen molar-refractivity contribution in [3.05, 3.63) is 51.6 Å². The Morgan fingerprint density at radius 2 is 1.73 bits per heavy atom. The third kappa shape index (κ3) is 5.10. The summed E-state index contributed by atoms with van der Waals surface area (Å²) in [7, 11) is 0. The second-order valence-corrected chi connectivity index (χ2v) is 11.9. The average Bonchev–Trinajstić information content (AvgIpc) is 3.80. The molecule has 194 valence electrons. The quantitative estimate of drug-likeness (QED) is 0.390. The van der Waals surface area contributed by atoms with Crippen molar-refractivity contribution in [2.24, 2.45) is 17.6 Å². The van der Waals surface area contributed by atoms with E-state index in [4.69, 9.17) is 5.73 Å². The van der Waals surface area contributed by atoms with Crippen molar-refractivity contribution in [1.82, 2.24) is 10.3 Å². The molecule has 0 radical (unpaired) electrons. The lowest BCUT2D eigenvalue weighted by atomic mass is 9.96. The SMILES string of the molecule is NC(=O)c1cc(Br)c(C(=O)NC2C[C@H]3CC[C@@H](C2)N3c2ccc(C(=O)C3CC3)cn2)cc1NCC1CC1. The van der Waals surface area contributed by atoms with E-state index >= 15 is 0 Å². The number of ketones is 1. The van der Waals surface area contributed by atoms with Gasteiger partial charge in [0.25, 0.3) is 11.8 Å². The average molecular weight is 567 g/mol. The highest BCUT2D eigenvalue weighted by atomic mass is 79.9. The first-order valence-electron chi connectivity index (χ1n) is 13.3. The molecule has 1 unspecified atom stereocenters. The van der Waals surface area contributed by atoms with Crippen LogP contribution in [0.3, 0.4) is 0 Å². The summed E-state index contributed by atoms with van der Waals surface area (Å²) in [6.45, 7) is 0.772. The topological polar surface area (TPSA) is 117 Å². The number of carbonyl (C=O) groups excluding carboxylic acids is 3. The van der Waals surface area contributed by atoms with Crippen LogP contribution in [-0.2, 0) is 0 Å². The molecule has 2 saturated heterocycles. The monoisotopic (exact) mass is 565 g/mol. The van der Waals surface area contributed by atoms with E-state index in [2.05, 4.69) is 36.4 Å². The maximum atomic E-state index is 13.3. The van der Waals surface area contributed by atoms with Crippen molar-refractivity contribution >= 4 is 45.0 Å². The molecule has 2 amide bonds. The van der Waals surface area contributed by atoms with E-state index < -0.39 is 5.91 Å². The van der Waals surface area contributed by atoms with Crippen LogP contribution in [0.5, 0.6) is 0 Å². The summed E-state index contributed by atoms with van der Waals surface area (Å²) in [4.78, 5) is 44.7. The summed E-state index contributed by atoms with van der Waals surface area (Å²) in [6.07, 6.45) is 9.89. The molecule has 2 saturated carbocycles. The molecule has 2 bridgehead atoms. The molecule has 3 heterocycles. The molecule has 4 fully saturated rings. The molecular formula is C28H32BrN5O3. The number of amides is 2. The molecule has 4 aliphatic rings. The molecule has 2 aromatic rings. The summed E-state index contributed by atoms with van der Waals surface area (Å²) in [6, 6.07) is 7.94. The molecule has 2 aliphatic carbocycles. The number of benzene rings is 1. The third-order valence-corrected chi connectivity index (χ3v) is 8.86. The van der Waals surface area contributed by atoms with Gasteiger partial charge in [-0.2, -0.15) is 0 Å². The van der Waals surface area contributed by atoms with Gasteiger partial charge >= 0.3 is 0 Å². The molecular weight excluding hydrogens is 534 g/mol. The van der Waals surface area contributed by atoms with E-state index in [1.54, 1.807) is 18.3 Å². The van der Waals surface area contributed by atoms with Crippen LogP contribution in [0.15, 0.2) is 34.9 Å². The lowest BCUT2D eigenvalue weighted by molar-refractivity contribution is 0.0923. The minimum atomic E-state index is -0.520. The van der Waals surface area contributed by atoms with Crippen molar-refractivity contribution in [2.45, 2.75) is 69.5 Å². The number of halogens is 1. The molecule has 8 nitrogen and oxygen atoms in total. The molecule has 2 aliphatic heterocycles. The molecule has 4 N–H and O–H groups in total. The standard InChI is InChI=1S/C28H32BrN5O3/c29-23-11-22(27(30)36)24(31-13-15-1-2-15)12-21(23)28(37)33-18-9-19-6-7-20(10-18)34(19)25-8-5-17(14-32-25)26(35)16-3-4-16/h5,8,11-12,14-16,18-20,31H,1-4,6-7,9-10,13H2,(H2,30,36)(H,33,37)/t18?,19-,20+. The number of Topliss-reactive ketones (excluding diaryl/α,β-unsaturated/α-hetero) is 1. The number of piperidine rings is 1. The third-order valence-electron chi connectivity index (χ3n) is 8.21. The van der Waals surface area contributed by atoms with Gasteiger partial charge in [0.05, 0.1) is 11.1 Å². The maximum Gasteiger partial charge on any atom is 0.252 e. The number of primary amides is 1. The fourth-order valence-corrected chi connectivity index (χ4v) is 6.39. The number of hydrogen-bond acceptors (Lipinski definition) is 6. The van der Waals surface area contributed by atoms with Gasteiger partial charge in [0.1, 0.15) is 5.82 Å². The Hall–Kier alpha value is -2.94. The summed E-state index contributed by atoms with van der Waals surface area (Å²) in [5, 5.41) is 6.56. The molecule has 1 aromatic carbocycles. The summed E-state index contributed by atoms with van der Waals surface area (Å²) < 4.78 is 0.557. The fourth-order valence-electron chi connectivity index (χ4n) is 5.87. The van der Waals surface area contributed by atoms with Gasteiger partial charge in [0.2, 0.25) is 0 Å². The number of nitrogens with one attached hydrogen (secondary N) is 2. The lowest BCUT2D eigenvalue weighted by Gasteiger charge is -2.40. The van der Waals surface area contributed by atoms with Crippen LogP contribution in [0.4, 0.5) is 11.5 Å². The Bertz CT molecular complexity index is 1230. The van der Waals surface area contributed by atoms with Gasteiger partial charge in [0, 0.05) is 52.5 Å². The number of aromatic nitrogens is 1. The zero-order valence-electron chi connectivity index (χ0n) is 20.7. The van der Waals surface area contributed by atoms with Crippen LogP contribution in [0.2, 0.25) is 0 Å². The molecule has 37 heavy (non-hydrogen) atoms. The second kappa shape index (κ2) is 9.74. The summed E-state index contributed by atoms with van der Waals surface area (Å²) in [5.41, 5.74) is 7.79. The Morgan fingerprint density at radius 3 is 2.32 bits per heavy atom. The Kier molecular flexibility index (Phi) is 6.42. The summed E-state index contributed by atoms with van der Waals surface area (Å²) >= 11 is 3.48. The molecule has 1 aromatic heterocycles. The number of anilines is 2. The van der Waals surface area contributed by atoms with Gasteiger partial charge in [-0.3, -0.25) is 14.4 Å². The molecule has 0 spiro atoms. The highest BCUT2D eigenvalue weighted by Gasteiger charge is 2.42. The van der Waals surface area contributed by atoms with Gasteiger partial charge < -0.3 is 21.3 Å². The van der Waals surface area contributed by atoms with Crippen LogP contribution in [0, 0.1) is 11.8 Å². The summed E-state index contributed by atoms with van der Waals surface area (Å²) in [5.74, 6) is 1.27. The lowest BCUT2D eigenvalue weighted by Crippen LogP contribution is -2.50. The highest BCUT2D eigenvalue weighted by molar-refractivity contribution is 9.10. The Morgan fingerprint density at radius 1 is 1.00 bits per heavy atom. The van der Waals surface area contributed by atoms with E-state index in [0.29, 0.717) is 44.9 Å². The smallest absolute Gasteiger partial charge is 0.252 e. The van der Waals surface area contributed by atoms with Gasteiger partial charge in [-0.1, -0.05) is 0 Å². The molecule has 3 atom stereocenters. The van der Waals surface area contributed by atoms with Crippen LogP contribution < -0.4 is 21.3 Å². The number of rotatable bonds is 9.